The van der Waals surface area contributed by atoms with Crippen LogP contribution in [0.3, 0.4) is 0 Å². The van der Waals surface area contributed by atoms with Gasteiger partial charge in [0.2, 0.25) is 5.95 Å². The molecule has 0 radical (unpaired) electrons. The normalized spacial score (nSPS) is 10.3. The number of hydrogen-bond donors (Lipinski definition) is 2. The average Bonchev–Trinajstić information content (AvgIpc) is 2.59. The molecule has 0 bridgehead atoms. The van der Waals surface area contributed by atoms with Crippen molar-refractivity contribution in [1.82, 2.24) is 14.8 Å². The van der Waals surface area contributed by atoms with E-state index in [1.807, 2.05) is 0 Å². The van der Waals surface area contributed by atoms with Gasteiger partial charge in [0, 0.05) is 12.6 Å². The molecule has 3 N–H and O–H groups in total. The summed E-state index contributed by atoms with van der Waals surface area (Å²) >= 11 is 0. The van der Waals surface area contributed by atoms with Gasteiger partial charge in [0.1, 0.15) is 0 Å². The van der Waals surface area contributed by atoms with Crippen molar-refractivity contribution in [3.8, 4) is 11.4 Å². The van der Waals surface area contributed by atoms with Crippen molar-refractivity contribution in [3.63, 3.8) is 0 Å². The topological polar surface area (TPSA) is 94.0 Å². The van der Waals surface area contributed by atoms with Crippen molar-refractivity contribution in [2.75, 3.05) is 5.73 Å². The molecular formula is C10H10N4O2. The lowest BCUT2D eigenvalue weighted by molar-refractivity contribution is 0.0697. The van der Waals surface area contributed by atoms with E-state index in [4.69, 9.17) is 10.8 Å². The molecule has 0 unspecified atom stereocenters. The maximum Gasteiger partial charge on any atom is 0.336 e. The molecule has 0 aliphatic rings. The molecule has 6 nitrogen and oxygen atoms in total. The SMILES string of the molecule is Cn1nc(-c2ccccc2C(=O)O)nc1N. The second-order valence-corrected chi connectivity index (χ2v) is 3.27. The summed E-state index contributed by atoms with van der Waals surface area (Å²) < 4.78 is 1.40. The number of carboxylic acid groups (broad SMARTS) is 1. The van der Waals surface area contributed by atoms with Crippen LogP contribution >= 0.6 is 0 Å². The minimum atomic E-state index is -1.01. The summed E-state index contributed by atoms with van der Waals surface area (Å²) in [7, 11) is 1.65. The number of aryl methyl sites for hydroxylation is 1. The summed E-state index contributed by atoms with van der Waals surface area (Å²) in [6.07, 6.45) is 0. The Morgan fingerprint density at radius 3 is 2.69 bits per heavy atom. The van der Waals surface area contributed by atoms with E-state index in [1.165, 1.54) is 10.7 Å². The van der Waals surface area contributed by atoms with Gasteiger partial charge in [-0.1, -0.05) is 18.2 Å². The molecule has 82 valence electrons. The quantitative estimate of drug-likeness (QED) is 0.776. The van der Waals surface area contributed by atoms with Crippen LogP contribution in [0.4, 0.5) is 5.95 Å². The van der Waals surface area contributed by atoms with Crippen molar-refractivity contribution in [3.05, 3.63) is 29.8 Å². The van der Waals surface area contributed by atoms with Crippen LogP contribution in [0, 0.1) is 0 Å². The number of aromatic carboxylic acids is 1. The highest BCUT2D eigenvalue weighted by molar-refractivity contribution is 5.94. The van der Waals surface area contributed by atoms with Gasteiger partial charge in [-0.3, -0.25) is 0 Å². The molecule has 0 aliphatic heterocycles. The highest BCUT2D eigenvalue weighted by Crippen LogP contribution is 2.20. The number of nitrogen functional groups attached to an aromatic ring is 1. The van der Waals surface area contributed by atoms with E-state index < -0.39 is 5.97 Å². The highest BCUT2D eigenvalue weighted by atomic mass is 16.4. The van der Waals surface area contributed by atoms with Crippen molar-refractivity contribution >= 4 is 11.9 Å². The highest BCUT2D eigenvalue weighted by Gasteiger charge is 2.14. The molecule has 2 aromatic rings. The molecule has 0 amide bonds. The molecule has 0 fully saturated rings. The second-order valence-electron chi connectivity index (χ2n) is 3.27. The Hall–Kier alpha value is -2.37. The van der Waals surface area contributed by atoms with Crippen LogP contribution < -0.4 is 5.73 Å². The number of carboxylic acids is 1. The van der Waals surface area contributed by atoms with Crippen molar-refractivity contribution < 1.29 is 9.90 Å². The van der Waals surface area contributed by atoms with Gasteiger partial charge in [-0.2, -0.15) is 4.98 Å². The molecule has 0 saturated heterocycles. The van der Waals surface area contributed by atoms with E-state index >= 15 is 0 Å². The minimum Gasteiger partial charge on any atom is -0.478 e. The third-order valence-corrected chi connectivity index (χ3v) is 2.20. The molecule has 0 saturated carbocycles. The largest absolute Gasteiger partial charge is 0.478 e. The first-order valence-electron chi connectivity index (χ1n) is 4.59. The van der Waals surface area contributed by atoms with Crippen LogP contribution in [0.25, 0.3) is 11.4 Å². The standard InChI is InChI=1S/C10H10N4O2/c1-14-10(11)12-8(13-14)6-4-2-3-5-7(6)9(15)16/h2-5H,1H3,(H,15,16)(H2,11,12,13). The summed E-state index contributed by atoms with van der Waals surface area (Å²) in [6, 6.07) is 6.54. The first-order valence-corrected chi connectivity index (χ1v) is 4.59. The fourth-order valence-corrected chi connectivity index (χ4v) is 1.38. The summed E-state index contributed by atoms with van der Waals surface area (Å²) in [6.45, 7) is 0. The lowest BCUT2D eigenvalue weighted by atomic mass is 10.1. The van der Waals surface area contributed by atoms with Crippen molar-refractivity contribution in [1.29, 1.82) is 0 Å². The predicted octanol–water partition coefficient (Wildman–Crippen LogP) is 0.762. The molecule has 1 aromatic heterocycles. The third kappa shape index (κ3) is 1.60. The zero-order valence-corrected chi connectivity index (χ0v) is 8.58. The third-order valence-electron chi connectivity index (χ3n) is 2.20. The van der Waals surface area contributed by atoms with E-state index in [9.17, 15) is 4.79 Å². The number of rotatable bonds is 2. The van der Waals surface area contributed by atoms with E-state index in [1.54, 1.807) is 25.2 Å². The molecule has 6 heteroatoms. The summed E-state index contributed by atoms with van der Waals surface area (Å²) in [4.78, 5) is 15.0. The first kappa shape index (κ1) is 10.2. The van der Waals surface area contributed by atoms with Crippen LogP contribution in [0.1, 0.15) is 10.4 Å². The minimum absolute atomic E-state index is 0.160. The van der Waals surface area contributed by atoms with Crippen molar-refractivity contribution in [2.24, 2.45) is 7.05 Å². The maximum absolute atomic E-state index is 11.0. The van der Waals surface area contributed by atoms with E-state index in [0.29, 0.717) is 11.4 Å². The zero-order chi connectivity index (χ0) is 11.7. The fraction of sp³-hybridized carbons (Fsp3) is 0.100. The van der Waals surface area contributed by atoms with Crippen LogP contribution in [0.5, 0.6) is 0 Å². The summed E-state index contributed by atoms with van der Waals surface area (Å²) in [5, 5.41) is 13.1. The van der Waals surface area contributed by atoms with Crippen LogP contribution in [0.2, 0.25) is 0 Å². The predicted molar refractivity (Wildman–Crippen MR) is 57.8 cm³/mol. The Morgan fingerprint density at radius 2 is 2.12 bits per heavy atom. The lowest BCUT2D eigenvalue weighted by Gasteiger charge is -2.00. The van der Waals surface area contributed by atoms with Gasteiger partial charge in [-0.25, -0.2) is 9.48 Å². The Labute approximate surface area is 91.3 Å². The van der Waals surface area contributed by atoms with Gasteiger partial charge in [-0.05, 0) is 6.07 Å². The fourth-order valence-electron chi connectivity index (χ4n) is 1.38. The maximum atomic E-state index is 11.0. The van der Waals surface area contributed by atoms with Gasteiger partial charge < -0.3 is 10.8 Å². The number of nitrogens with two attached hydrogens (primary N) is 1. The monoisotopic (exact) mass is 218 g/mol. The Balaban J connectivity index is 2.59. The molecular weight excluding hydrogens is 208 g/mol. The average molecular weight is 218 g/mol. The van der Waals surface area contributed by atoms with E-state index in [2.05, 4.69) is 10.1 Å². The summed E-state index contributed by atoms with van der Waals surface area (Å²) in [5.74, 6) is -0.449. The van der Waals surface area contributed by atoms with Crippen LogP contribution in [0.15, 0.2) is 24.3 Å². The second kappa shape index (κ2) is 3.65. The molecule has 0 spiro atoms. The Morgan fingerprint density at radius 1 is 1.44 bits per heavy atom. The molecule has 1 heterocycles. The molecule has 0 aliphatic carbocycles. The van der Waals surface area contributed by atoms with E-state index in [-0.39, 0.29) is 11.5 Å². The summed E-state index contributed by atoms with van der Waals surface area (Å²) in [5.41, 5.74) is 6.17. The number of hydrogen-bond acceptors (Lipinski definition) is 4. The Bertz CT molecular complexity index is 528. The lowest BCUT2D eigenvalue weighted by Crippen LogP contribution is -2.00. The van der Waals surface area contributed by atoms with Crippen LogP contribution in [-0.4, -0.2) is 25.8 Å². The zero-order valence-electron chi connectivity index (χ0n) is 8.58. The number of aromatic nitrogens is 3. The van der Waals surface area contributed by atoms with Gasteiger partial charge in [0.15, 0.2) is 5.82 Å². The van der Waals surface area contributed by atoms with Crippen molar-refractivity contribution in [2.45, 2.75) is 0 Å². The molecule has 1 aromatic carbocycles. The smallest absolute Gasteiger partial charge is 0.336 e. The Kier molecular flexibility index (Phi) is 2.32. The van der Waals surface area contributed by atoms with Gasteiger partial charge in [0.05, 0.1) is 5.56 Å². The molecule has 2 rings (SSSR count). The van der Waals surface area contributed by atoms with Crippen LogP contribution in [-0.2, 0) is 7.05 Å². The number of anilines is 1. The van der Waals surface area contributed by atoms with Gasteiger partial charge in [0.25, 0.3) is 0 Å². The number of carbonyl (C=O) groups is 1. The first-order chi connectivity index (χ1) is 7.59. The molecule has 0 atom stereocenters. The van der Waals surface area contributed by atoms with Gasteiger partial charge >= 0.3 is 5.97 Å². The number of benzene rings is 1. The van der Waals surface area contributed by atoms with Gasteiger partial charge in [-0.15, -0.1) is 5.10 Å². The van der Waals surface area contributed by atoms with E-state index in [0.717, 1.165) is 0 Å². The molecule has 16 heavy (non-hydrogen) atoms. The number of nitrogens with zero attached hydrogens (tertiary/aromatic N) is 3.